The Morgan fingerprint density at radius 2 is 1.83 bits per heavy atom. The summed E-state index contributed by atoms with van der Waals surface area (Å²) in [5.74, 6) is -0.458. The molecule has 2 aromatic rings. The van der Waals surface area contributed by atoms with Crippen LogP contribution >= 0.6 is 0 Å². The van der Waals surface area contributed by atoms with E-state index >= 15 is 0 Å². The van der Waals surface area contributed by atoms with Crippen LogP contribution in [0.5, 0.6) is 0 Å². The Labute approximate surface area is 203 Å². The Morgan fingerprint density at radius 3 is 2.40 bits per heavy atom. The third-order valence-corrected chi connectivity index (χ3v) is 7.43. The largest absolute Gasteiger partial charge is 0.476 e. The van der Waals surface area contributed by atoms with Gasteiger partial charge in [-0.1, -0.05) is 12.6 Å². The number of hydrogen-bond acceptors (Lipinski definition) is 5. The van der Waals surface area contributed by atoms with Crippen LogP contribution in [0.4, 0.5) is 18.9 Å². The lowest BCUT2D eigenvalue weighted by Gasteiger charge is -2.46. The highest BCUT2D eigenvalue weighted by Gasteiger charge is 2.37. The van der Waals surface area contributed by atoms with Gasteiger partial charge < -0.3 is 14.9 Å². The highest BCUT2D eigenvalue weighted by molar-refractivity contribution is 5.85. The zero-order valence-electron chi connectivity index (χ0n) is 20.2. The van der Waals surface area contributed by atoms with Crippen LogP contribution in [-0.2, 0) is 12.7 Å². The van der Waals surface area contributed by atoms with Gasteiger partial charge in [0, 0.05) is 50.1 Å². The summed E-state index contributed by atoms with van der Waals surface area (Å²) in [7, 11) is 2.02. The second kappa shape index (κ2) is 9.56. The van der Waals surface area contributed by atoms with Gasteiger partial charge >= 0.3 is 12.1 Å². The fourth-order valence-corrected chi connectivity index (χ4v) is 4.95. The molecular weight excluding hydrogens is 459 g/mol. The average Bonchev–Trinajstić information content (AvgIpc) is 3.51. The number of carboxylic acid groups (broad SMARTS) is 1. The van der Waals surface area contributed by atoms with Gasteiger partial charge in [-0.15, -0.1) is 0 Å². The Morgan fingerprint density at radius 1 is 1.17 bits per heavy atom. The van der Waals surface area contributed by atoms with Crippen molar-refractivity contribution in [1.82, 2.24) is 19.6 Å². The van der Waals surface area contributed by atoms with E-state index in [1.54, 1.807) is 18.3 Å². The number of rotatable bonds is 7. The monoisotopic (exact) mass is 491 g/mol. The molecule has 2 saturated heterocycles. The SMILES string of the molecule is C=C(N1CCC(C)(N(C)Cc2ccc(C(F)(F)F)c(N3CCCC3)c2)CC1)n1ccc(C(=O)O)n1. The summed E-state index contributed by atoms with van der Waals surface area (Å²) in [6.45, 7) is 9.56. The van der Waals surface area contributed by atoms with Crippen LogP contribution in [0.2, 0.25) is 0 Å². The van der Waals surface area contributed by atoms with Crippen LogP contribution in [0.3, 0.4) is 0 Å². The van der Waals surface area contributed by atoms with Gasteiger partial charge in [0.1, 0.15) is 5.82 Å². The minimum Gasteiger partial charge on any atom is -0.476 e. The van der Waals surface area contributed by atoms with Gasteiger partial charge in [-0.25, -0.2) is 9.48 Å². The lowest BCUT2D eigenvalue weighted by atomic mass is 9.87. The summed E-state index contributed by atoms with van der Waals surface area (Å²) in [6, 6.07) is 5.97. The number of aromatic nitrogens is 2. The van der Waals surface area contributed by atoms with Crippen molar-refractivity contribution in [2.45, 2.75) is 50.9 Å². The van der Waals surface area contributed by atoms with E-state index in [9.17, 15) is 18.0 Å². The van der Waals surface area contributed by atoms with E-state index in [1.165, 1.54) is 16.8 Å². The van der Waals surface area contributed by atoms with Crippen molar-refractivity contribution in [3.8, 4) is 0 Å². The number of anilines is 1. The smallest absolute Gasteiger partial charge is 0.418 e. The molecule has 7 nitrogen and oxygen atoms in total. The lowest BCUT2D eigenvalue weighted by molar-refractivity contribution is -0.137. The summed E-state index contributed by atoms with van der Waals surface area (Å²) in [6.07, 6.45) is 0.705. The molecular formula is C25H32F3N5O2. The van der Waals surface area contributed by atoms with Crippen molar-refractivity contribution in [1.29, 1.82) is 0 Å². The summed E-state index contributed by atoms with van der Waals surface area (Å²) in [4.78, 5) is 17.3. The van der Waals surface area contributed by atoms with Crippen molar-refractivity contribution in [2.75, 3.05) is 38.1 Å². The molecule has 0 saturated carbocycles. The van der Waals surface area contributed by atoms with E-state index in [4.69, 9.17) is 5.11 Å². The van der Waals surface area contributed by atoms with Crippen molar-refractivity contribution < 1.29 is 23.1 Å². The number of carboxylic acids is 1. The number of alkyl halides is 3. The van der Waals surface area contributed by atoms with Crippen LogP contribution in [0.1, 0.15) is 54.2 Å². The van der Waals surface area contributed by atoms with Gasteiger partial charge in [-0.2, -0.15) is 18.3 Å². The minimum atomic E-state index is -4.37. The van der Waals surface area contributed by atoms with Crippen molar-refractivity contribution >= 4 is 17.5 Å². The minimum absolute atomic E-state index is 0.0300. The predicted octanol–water partition coefficient (Wildman–Crippen LogP) is 4.62. The summed E-state index contributed by atoms with van der Waals surface area (Å²) >= 11 is 0. The highest BCUT2D eigenvalue weighted by Crippen LogP contribution is 2.39. The maximum atomic E-state index is 13.6. The van der Waals surface area contributed by atoms with Crippen LogP contribution in [-0.4, -0.2) is 69.4 Å². The molecule has 1 N–H and O–H groups in total. The number of carbonyl (C=O) groups is 1. The molecule has 2 aliphatic heterocycles. The van der Waals surface area contributed by atoms with E-state index < -0.39 is 17.7 Å². The first-order valence-corrected chi connectivity index (χ1v) is 11.9. The standard InChI is InChI=1S/C25H32F3N5O2/c1-18(33-13-8-21(29-33)23(34)35)31-14-9-24(2,10-15-31)30(3)17-19-6-7-20(25(26,27)28)22(16-19)32-11-4-5-12-32/h6-8,13,16H,1,4-5,9-12,14-15,17H2,2-3H3,(H,34,35). The van der Waals surface area contributed by atoms with E-state index in [0.717, 1.165) is 31.2 Å². The molecule has 190 valence electrons. The number of hydrogen-bond donors (Lipinski definition) is 1. The van der Waals surface area contributed by atoms with Crippen molar-refractivity contribution in [3.05, 3.63) is 53.9 Å². The molecule has 3 heterocycles. The Bertz CT molecular complexity index is 1080. The lowest BCUT2D eigenvalue weighted by Crippen LogP contribution is -2.51. The molecule has 0 radical (unpaired) electrons. The van der Waals surface area contributed by atoms with Crippen molar-refractivity contribution in [2.24, 2.45) is 0 Å². The number of likely N-dealkylation sites (tertiary alicyclic amines) is 1. The second-order valence-corrected chi connectivity index (χ2v) is 9.75. The average molecular weight is 492 g/mol. The van der Waals surface area contributed by atoms with Crippen LogP contribution < -0.4 is 4.90 Å². The molecule has 0 spiro atoms. The molecule has 35 heavy (non-hydrogen) atoms. The van der Waals surface area contributed by atoms with E-state index in [1.807, 2.05) is 11.9 Å². The molecule has 4 rings (SSSR count). The van der Waals surface area contributed by atoms with Gasteiger partial charge in [0.15, 0.2) is 5.69 Å². The Hall–Kier alpha value is -3.01. The fourth-order valence-electron chi connectivity index (χ4n) is 4.95. The van der Waals surface area contributed by atoms with Gasteiger partial charge in [-0.05, 0) is 63.4 Å². The van der Waals surface area contributed by atoms with Gasteiger partial charge in [0.05, 0.1) is 5.56 Å². The zero-order chi connectivity index (χ0) is 25.4. The summed E-state index contributed by atoms with van der Waals surface area (Å²) in [5.41, 5.74) is 0.431. The molecule has 0 aliphatic carbocycles. The first-order chi connectivity index (χ1) is 16.5. The quantitative estimate of drug-likeness (QED) is 0.610. The van der Waals surface area contributed by atoms with E-state index in [0.29, 0.717) is 38.5 Å². The van der Waals surface area contributed by atoms with Gasteiger partial charge in [0.2, 0.25) is 0 Å². The molecule has 10 heteroatoms. The first-order valence-electron chi connectivity index (χ1n) is 11.9. The molecule has 0 atom stereocenters. The summed E-state index contributed by atoms with van der Waals surface area (Å²) in [5, 5.41) is 13.2. The van der Waals surface area contributed by atoms with Crippen molar-refractivity contribution in [3.63, 3.8) is 0 Å². The summed E-state index contributed by atoms with van der Waals surface area (Å²) < 4.78 is 42.4. The van der Waals surface area contributed by atoms with Gasteiger partial charge in [-0.3, -0.25) is 4.90 Å². The van der Waals surface area contributed by atoms with Crippen LogP contribution in [0.25, 0.3) is 5.82 Å². The Balaban J connectivity index is 1.42. The maximum Gasteiger partial charge on any atom is 0.418 e. The third-order valence-electron chi connectivity index (χ3n) is 7.43. The third kappa shape index (κ3) is 5.32. The van der Waals surface area contributed by atoms with Crippen LogP contribution in [0, 0.1) is 0 Å². The number of aromatic carboxylic acids is 1. The number of benzene rings is 1. The normalized spacial score (nSPS) is 18.3. The van der Waals surface area contributed by atoms with E-state index in [-0.39, 0.29) is 16.9 Å². The fraction of sp³-hybridized carbons (Fsp3) is 0.520. The topological polar surface area (TPSA) is 64.8 Å². The highest BCUT2D eigenvalue weighted by atomic mass is 19.4. The maximum absolute atomic E-state index is 13.6. The second-order valence-electron chi connectivity index (χ2n) is 9.75. The first kappa shape index (κ1) is 25.1. The molecule has 0 bridgehead atoms. The van der Waals surface area contributed by atoms with Gasteiger partial charge in [0.25, 0.3) is 0 Å². The molecule has 0 amide bonds. The van der Waals surface area contributed by atoms with E-state index in [2.05, 4.69) is 28.4 Å². The number of halogens is 3. The molecule has 2 fully saturated rings. The number of piperidine rings is 1. The zero-order valence-corrected chi connectivity index (χ0v) is 20.2. The Kier molecular flexibility index (Phi) is 6.86. The van der Waals surface area contributed by atoms with Crippen LogP contribution in [0.15, 0.2) is 37.0 Å². The molecule has 0 unspecified atom stereocenters. The molecule has 1 aromatic carbocycles. The number of nitrogens with zero attached hydrogens (tertiary/aromatic N) is 5. The molecule has 1 aromatic heterocycles. The predicted molar refractivity (Wildman–Crippen MR) is 128 cm³/mol. The molecule has 2 aliphatic rings.